The summed E-state index contributed by atoms with van der Waals surface area (Å²) in [6, 6.07) is 12.4. The lowest BCUT2D eigenvalue weighted by Crippen LogP contribution is -2.30. The summed E-state index contributed by atoms with van der Waals surface area (Å²) < 4.78 is 26.0. The Hall–Kier alpha value is -2.71. The summed E-state index contributed by atoms with van der Waals surface area (Å²) in [5.41, 5.74) is 2.91. The van der Waals surface area contributed by atoms with E-state index < -0.39 is 10.0 Å². The molecule has 8 heteroatoms. The number of carbonyl (C=O) groups is 2. The average Bonchev–Trinajstić information content (AvgIpc) is 2.67. The average molecular weight is 416 g/mol. The molecule has 2 N–H and O–H groups in total. The van der Waals surface area contributed by atoms with Crippen LogP contribution in [0.2, 0.25) is 0 Å². The smallest absolute Gasteiger partial charge is 0.242 e. The predicted octanol–water partition coefficient (Wildman–Crippen LogP) is 2.78. The number of sulfonamides is 1. The summed E-state index contributed by atoms with van der Waals surface area (Å²) in [4.78, 5) is 24.8. The van der Waals surface area contributed by atoms with E-state index in [0.717, 1.165) is 15.6 Å². The van der Waals surface area contributed by atoms with Crippen LogP contribution in [0.25, 0.3) is 0 Å². The highest BCUT2D eigenvalue weighted by Gasteiger charge is 2.26. The Morgan fingerprint density at radius 3 is 2.66 bits per heavy atom. The van der Waals surface area contributed by atoms with Crippen LogP contribution in [0.5, 0.6) is 0 Å². The zero-order valence-corrected chi connectivity index (χ0v) is 17.5. The third-order valence-electron chi connectivity index (χ3n) is 5.06. The van der Waals surface area contributed by atoms with Gasteiger partial charge in [0.15, 0.2) is 0 Å². The first kappa shape index (κ1) is 21.0. The van der Waals surface area contributed by atoms with E-state index in [2.05, 4.69) is 10.6 Å². The molecule has 0 fully saturated rings. The molecule has 1 heterocycles. The molecule has 2 aromatic rings. The van der Waals surface area contributed by atoms with Crippen LogP contribution in [0, 0.1) is 12.8 Å². The molecule has 154 valence electrons. The van der Waals surface area contributed by atoms with Crippen LogP contribution in [0.4, 0.5) is 11.4 Å². The lowest BCUT2D eigenvalue weighted by Gasteiger charge is -2.24. The first-order valence-electron chi connectivity index (χ1n) is 9.40. The molecule has 1 aliphatic rings. The second kappa shape index (κ2) is 8.34. The number of carbonyl (C=O) groups excluding carboxylic acids is 2. The van der Waals surface area contributed by atoms with Crippen LogP contribution in [0.15, 0.2) is 47.4 Å². The number of nitrogens with zero attached hydrogens (tertiary/aromatic N) is 1. The Kier molecular flexibility index (Phi) is 6.04. The normalized spacial score (nSPS) is 16.3. The highest BCUT2D eigenvalue weighted by atomic mass is 32.2. The molecule has 29 heavy (non-hydrogen) atoms. The van der Waals surface area contributed by atoms with Crippen molar-refractivity contribution in [2.75, 3.05) is 24.7 Å². The summed E-state index contributed by atoms with van der Waals surface area (Å²) in [7, 11) is -0.671. The summed E-state index contributed by atoms with van der Waals surface area (Å²) in [5.74, 6) is -0.599. The molecular weight excluding hydrogens is 390 g/mol. The standard InChI is InChI=1S/C21H25N3O4S/c1-14-8-10-17(13-19(14)29(27,28)24(2)3)22-20(25)11-9-16-12-15-6-4-5-7-18(15)23-21(16)26/h4-8,10,13,16H,9,11-12H2,1-3H3,(H,22,25)(H,23,26). The van der Waals surface area contributed by atoms with E-state index in [1.54, 1.807) is 19.1 Å². The zero-order valence-electron chi connectivity index (χ0n) is 16.7. The van der Waals surface area contributed by atoms with Gasteiger partial charge in [-0.3, -0.25) is 9.59 Å². The van der Waals surface area contributed by atoms with Gasteiger partial charge in [-0.2, -0.15) is 0 Å². The van der Waals surface area contributed by atoms with Gasteiger partial charge in [0.25, 0.3) is 0 Å². The second-order valence-corrected chi connectivity index (χ2v) is 9.52. The van der Waals surface area contributed by atoms with Gasteiger partial charge in [-0.05, 0) is 49.1 Å². The fraction of sp³-hybridized carbons (Fsp3) is 0.333. The first-order valence-corrected chi connectivity index (χ1v) is 10.8. The molecule has 0 bridgehead atoms. The van der Waals surface area contributed by atoms with Crippen LogP contribution < -0.4 is 10.6 Å². The third-order valence-corrected chi connectivity index (χ3v) is 7.02. The van der Waals surface area contributed by atoms with Crippen molar-refractivity contribution in [2.24, 2.45) is 5.92 Å². The van der Waals surface area contributed by atoms with E-state index in [-0.39, 0.29) is 29.0 Å². The summed E-state index contributed by atoms with van der Waals surface area (Å²) in [6.07, 6.45) is 1.19. The number of rotatable bonds is 6. The number of nitrogens with one attached hydrogen (secondary N) is 2. The Bertz CT molecular complexity index is 1050. The number of amides is 2. The number of benzene rings is 2. The van der Waals surface area contributed by atoms with Gasteiger partial charge in [0.05, 0.1) is 4.90 Å². The molecular formula is C21H25N3O4S. The van der Waals surface area contributed by atoms with E-state index in [1.165, 1.54) is 20.2 Å². The molecule has 0 saturated heterocycles. The first-order chi connectivity index (χ1) is 13.7. The molecule has 1 unspecified atom stereocenters. The van der Waals surface area contributed by atoms with Crippen molar-refractivity contribution in [3.8, 4) is 0 Å². The highest BCUT2D eigenvalue weighted by Crippen LogP contribution is 2.28. The van der Waals surface area contributed by atoms with Gasteiger partial charge in [-0.15, -0.1) is 0 Å². The number of aryl methyl sites for hydroxylation is 1. The number of hydrogen-bond acceptors (Lipinski definition) is 4. The van der Waals surface area contributed by atoms with Gasteiger partial charge in [-0.1, -0.05) is 24.3 Å². The summed E-state index contributed by atoms with van der Waals surface area (Å²) >= 11 is 0. The molecule has 0 aromatic heterocycles. The summed E-state index contributed by atoms with van der Waals surface area (Å²) in [5, 5.41) is 5.62. The minimum atomic E-state index is -3.60. The molecule has 0 aliphatic carbocycles. The largest absolute Gasteiger partial charge is 0.326 e. The lowest BCUT2D eigenvalue weighted by molar-refractivity contribution is -0.121. The van der Waals surface area contributed by atoms with E-state index in [1.807, 2.05) is 24.3 Å². The molecule has 0 saturated carbocycles. The Labute approximate surface area is 171 Å². The molecule has 0 spiro atoms. The lowest BCUT2D eigenvalue weighted by atomic mass is 9.89. The summed E-state index contributed by atoms with van der Waals surface area (Å²) in [6.45, 7) is 1.71. The van der Waals surface area contributed by atoms with E-state index in [4.69, 9.17) is 0 Å². The SMILES string of the molecule is Cc1ccc(NC(=O)CCC2Cc3ccccc3NC2=O)cc1S(=O)(=O)N(C)C. The Morgan fingerprint density at radius 1 is 1.21 bits per heavy atom. The molecule has 1 aliphatic heterocycles. The fourth-order valence-electron chi connectivity index (χ4n) is 3.33. The van der Waals surface area contributed by atoms with Crippen molar-refractivity contribution in [1.29, 1.82) is 0 Å². The maximum atomic E-state index is 12.4. The highest BCUT2D eigenvalue weighted by molar-refractivity contribution is 7.89. The third kappa shape index (κ3) is 4.65. The fourth-order valence-corrected chi connectivity index (χ4v) is 4.47. The topological polar surface area (TPSA) is 95.6 Å². The van der Waals surface area contributed by atoms with Gasteiger partial charge in [0.2, 0.25) is 21.8 Å². The van der Waals surface area contributed by atoms with Gasteiger partial charge >= 0.3 is 0 Å². The molecule has 7 nitrogen and oxygen atoms in total. The van der Waals surface area contributed by atoms with E-state index >= 15 is 0 Å². The monoisotopic (exact) mass is 415 g/mol. The molecule has 2 aromatic carbocycles. The van der Waals surface area contributed by atoms with Crippen LogP contribution in [-0.4, -0.2) is 38.6 Å². The maximum Gasteiger partial charge on any atom is 0.242 e. The van der Waals surface area contributed by atoms with Crippen molar-refractivity contribution < 1.29 is 18.0 Å². The predicted molar refractivity (Wildman–Crippen MR) is 112 cm³/mol. The van der Waals surface area contributed by atoms with Gasteiger partial charge in [0, 0.05) is 37.8 Å². The quantitative estimate of drug-likeness (QED) is 0.758. The maximum absolute atomic E-state index is 12.4. The molecule has 1 atom stereocenters. The van der Waals surface area contributed by atoms with Gasteiger partial charge < -0.3 is 10.6 Å². The van der Waals surface area contributed by atoms with Gasteiger partial charge in [0.1, 0.15) is 0 Å². The number of hydrogen-bond donors (Lipinski definition) is 2. The number of fused-ring (bicyclic) bond motifs is 1. The molecule has 2 amide bonds. The Balaban J connectivity index is 1.64. The zero-order chi connectivity index (χ0) is 21.2. The molecule has 3 rings (SSSR count). The minimum absolute atomic E-state index is 0.0776. The van der Waals surface area contributed by atoms with E-state index in [9.17, 15) is 18.0 Å². The van der Waals surface area contributed by atoms with Crippen molar-refractivity contribution >= 4 is 33.2 Å². The Morgan fingerprint density at radius 2 is 1.93 bits per heavy atom. The van der Waals surface area contributed by atoms with Crippen molar-refractivity contribution in [2.45, 2.75) is 31.1 Å². The molecule has 0 radical (unpaired) electrons. The second-order valence-electron chi connectivity index (χ2n) is 7.40. The number of anilines is 2. The van der Waals surface area contributed by atoms with Crippen molar-refractivity contribution in [3.63, 3.8) is 0 Å². The van der Waals surface area contributed by atoms with Crippen LogP contribution >= 0.6 is 0 Å². The van der Waals surface area contributed by atoms with Gasteiger partial charge in [-0.25, -0.2) is 12.7 Å². The number of para-hydroxylation sites is 1. The van der Waals surface area contributed by atoms with Crippen LogP contribution in [0.3, 0.4) is 0 Å². The van der Waals surface area contributed by atoms with Crippen LogP contribution in [-0.2, 0) is 26.0 Å². The van der Waals surface area contributed by atoms with Crippen LogP contribution in [0.1, 0.15) is 24.0 Å². The van der Waals surface area contributed by atoms with Crippen molar-refractivity contribution in [1.82, 2.24) is 4.31 Å². The minimum Gasteiger partial charge on any atom is -0.326 e. The van der Waals surface area contributed by atoms with Crippen molar-refractivity contribution in [3.05, 3.63) is 53.6 Å². The van der Waals surface area contributed by atoms with E-state index in [0.29, 0.717) is 24.1 Å².